The summed E-state index contributed by atoms with van der Waals surface area (Å²) in [7, 11) is 0. The van der Waals surface area contributed by atoms with Crippen molar-refractivity contribution in [1.29, 1.82) is 0 Å². The van der Waals surface area contributed by atoms with Gasteiger partial charge in [0.25, 0.3) is 0 Å². The molecule has 9 nitrogen and oxygen atoms in total. The molecule has 0 spiro atoms. The first-order valence-corrected chi connectivity index (χ1v) is 10.2. The lowest BCUT2D eigenvalue weighted by atomic mass is 10.1. The molecule has 0 rings (SSSR count). The summed E-state index contributed by atoms with van der Waals surface area (Å²) in [6, 6.07) is -2.58. The maximum atomic E-state index is 12.5. The molecule has 0 saturated carbocycles. The second-order valence-corrected chi connectivity index (χ2v) is 7.05. The van der Waals surface area contributed by atoms with Crippen LogP contribution in [0.3, 0.4) is 0 Å². The first-order valence-electron chi connectivity index (χ1n) is 8.85. The van der Waals surface area contributed by atoms with Crippen LogP contribution in [0.2, 0.25) is 0 Å². The molecule has 0 aromatic carbocycles. The maximum absolute atomic E-state index is 12.5. The largest absolute Gasteiger partial charge is 0.480 e. The smallest absolute Gasteiger partial charge is 0.326 e. The van der Waals surface area contributed by atoms with Gasteiger partial charge in [-0.2, -0.15) is 11.8 Å². The monoisotopic (exact) mass is 391 g/mol. The van der Waals surface area contributed by atoms with Crippen LogP contribution in [0, 0.1) is 0 Å². The summed E-state index contributed by atoms with van der Waals surface area (Å²) >= 11 is 1.50. The standard InChI is InChI=1S/C16H33N5O4S/c1-26-10-7-13(16(24)25)21-15(23)12(6-2-3-8-17)20-14(22)11(19)5-4-9-18/h11-13H,2-10,17-19H2,1H3,(H,20,22)(H,21,23)(H,24,25)/t11-,12-,13-/m0/s1. The Bertz CT molecular complexity index is 439. The van der Waals surface area contributed by atoms with Crippen LogP contribution in [0.5, 0.6) is 0 Å². The van der Waals surface area contributed by atoms with E-state index in [1.807, 2.05) is 6.26 Å². The topological polar surface area (TPSA) is 174 Å². The molecule has 152 valence electrons. The number of rotatable bonds is 15. The Labute approximate surface area is 159 Å². The number of thioether (sulfide) groups is 1. The SMILES string of the molecule is CSCC[C@H](NC(=O)[C@H](CCCCN)NC(=O)[C@@H](N)CCCN)C(=O)O. The fourth-order valence-corrected chi connectivity index (χ4v) is 2.75. The van der Waals surface area contributed by atoms with Crippen LogP contribution < -0.4 is 27.8 Å². The van der Waals surface area contributed by atoms with Crippen molar-refractivity contribution in [2.75, 3.05) is 25.1 Å². The molecule has 9 N–H and O–H groups in total. The van der Waals surface area contributed by atoms with Crippen LogP contribution >= 0.6 is 11.8 Å². The number of nitrogens with one attached hydrogen (secondary N) is 2. The van der Waals surface area contributed by atoms with Gasteiger partial charge < -0.3 is 32.9 Å². The highest BCUT2D eigenvalue weighted by Crippen LogP contribution is 2.06. The van der Waals surface area contributed by atoms with Crippen molar-refractivity contribution in [2.24, 2.45) is 17.2 Å². The average molecular weight is 392 g/mol. The Hall–Kier alpha value is -1.36. The summed E-state index contributed by atoms with van der Waals surface area (Å²) in [6.45, 7) is 0.904. The van der Waals surface area contributed by atoms with Gasteiger partial charge in [-0.1, -0.05) is 0 Å². The third-order valence-corrected chi connectivity index (χ3v) is 4.51. The highest BCUT2D eigenvalue weighted by molar-refractivity contribution is 7.98. The van der Waals surface area contributed by atoms with Gasteiger partial charge in [0.05, 0.1) is 6.04 Å². The van der Waals surface area contributed by atoms with Gasteiger partial charge in [-0.3, -0.25) is 9.59 Å². The van der Waals surface area contributed by atoms with Gasteiger partial charge in [0.1, 0.15) is 12.1 Å². The molecule has 0 aliphatic rings. The zero-order chi connectivity index (χ0) is 19.9. The molecule has 0 bridgehead atoms. The Morgan fingerprint density at radius 1 is 0.923 bits per heavy atom. The number of carboxylic acids is 1. The number of aliphatic carboxylic acids is 1. The molecule has 0 aliphatic heterocycles. The number of carbonyl (C=O) groups excluding carboxylic acids is 2. The summed E-state index contributed by atoms with van der Waals surface area (Å²) in [4.78, 5) is 36.0. The molecule has 0 unspecified atom stereocenters. The summed E-state index contributed by atoms with van der Waals surface area (Å²) < 4.78 is 0. The highest BCUT2D eigenvalue weighted by Gasteiger charge is 2.27. The minimum absolute atomic E-state index is 0.307. The predicted octanol–water partition coefficient (Wildman–Crippen LogP) is -1.01. The van der Waals surface area contributed by atoms with Crippen molar-refractivity contribution < 1.29 is 19.5 Å². The molecule has 0 fully saturated rings. The van der Waals surface area contributed by atoms with E-state index >= 15 is 0 Å². The van der Waals surface area contributed by atoms with E-state index in [0.29, 0.717) is 57.4 Å². The van der Waals surface area contributed by atoms with E-state index in [9.17, 15) is 19.5 Å². The number of unbranched alkanes of at least 4 members (excludes halogenated alkanes) is 1. The van der Waals surface area contributed by atoms with Gasteiger partial charge in [0.2, 0.25) is 11.8 Å². The van der Waals surface area contributed by atoms with Gasteiger partial charge in [-0.25, -0.2) is 4.79 Å². The molecule has 0 saturated heterocycles. The van der Waals surface area contributed by atoms with Crippen LogP contribution in [-0.2, 0) is 14.4 Å². The van der Waals surface area contributed by atoms with E-state index in [4.69, 9.17) is 17.2 Å². The summed E-state index contributed by atoms with van der Waals surface area (Å²) in [5.41, 5.74) is 16.7. The number of carboxylic acid groups (broad SMARTS) is 1. The molecule has 0 aliphatic carbocycles. The Balaban J connectivity index is 4.88. The van der Waals surface area contributed by atoms with Crippen molar-refractivity contribution in [3.8, 4) is 0 Å². The van der Waals surface area contributed by atoms with E-state index in [2.05, 4.69) is 10.6 Å². The average Bonchev–Trinajstić information content (AvgIpc) is 2.61. The number of hydrogen-bond acceptors (Lipinski definition) is 7. The normalized spacial score (nSPS) is 14.3. The zero-order valence-corrected chi connectivity index (χ0v) is 16.2. The van der Waals surface area contributed by atoms with Gasteiger partial charge in [-0.05, 0) is 63.6 Å². The molecule has 0 aromatic heterocycles. The van der Waals surface area contributed by atoms with Gasteiger partial charge in [0, 0.05) is 0 Å². The number of nitrogens with two attached hydrogens (primary N) is 3. The zero-order valence-electron chi connectivity index (χ0n) is 15.4. The third kappa shape index (κ3) is 10.6. The van der Waals surface area contributed by atoms with Crippen molar-refractivity contribution in [2.45, 2.75) is 56.7 Å². The molecule has 3 atom stereocenters. The van der Waals surface area contributed by atoms with Gasteiger partial charge >= 0.3 is 5.97 Å². The van der Waals surface area contributed by atoms with Crippen LogP contribution in [-0.4, -0.2) is 66.1 Å². The minimum Gasteiger partial charge on any atom is -0.480 e. The third-order valence-electron chi connectivity index (χ3n) is 3.86. The van der Waals surface area contributed by atoms with Crippen molar-refractivity contribution in [3.63, 3.8) is 0 Å². The van der Waals surface area contributed by atoms with Crippen molar-refractivity contribution in [3.05, 3.63) is 0 Å². The first kappa shape index (κ1) is 24.6. The van der Waals surface area contributed by atoms with Gasteiger partial charge in [0.15, 0.2) is 0 Å². The Morgan fingerprint density at radius 2 is 1.54 bits per heavy atom. The highest BCUT2D eigenvalue weighted by atomic mass is 32.2. The van der Waals surface area contributed by atoms with E-state index < -0.39 is 35.9 Å². The molecule has 2 amide bonds. The van der Waals surface area contributed by atoms with E-state index in [-0.39, 0.29) is 0 Å². The van der Waals surface area contributed by atoms with Crippen molar-refractivity contribution >= 4 is 29.5 Å². The van der Waals surface area contributed by atoms with E-state index in [0.717, 1.165) is 0 Å². The summed E-state index contributed by atoms with van der Waals surface area (Å²) in [6.07, 6.45) is 4.90. The first-order chi connectivity index (χ1) is 12.4. The van der Waals surface area contributed by atoms with Gasteiger partial charge in [-0.15, -0.1) is 0 Å². The number of carbonyl (C=O) groups is 3. The second-order valence-electron chi connectivity index (χ2n) is 6.06. The second kappa shape index (κ2) is 14.8. The molecule has 0 aromatic rings. The fraction of sp³-hybridized carbons (Fsp3) is 0.812. The number of amides is 2. The fourth-order valence-electron chi connectivity index (χ4n) is 2.27. The Kier molecular flexibility index (Phi) is 14.0. The maximum Gasteiger partial charge on any atom is 0.326 e. The molecule has 10 heteroatoms. The number of hydrogen-bond donors (Lipinski definition) is 6. The molecule has 0 radical (unpaired) electrons. The molecule has 26 heavy (non-hydrogen) atoms. The van der Waals surface area contributed by atoms with Crippen LogP contribution in [0.4, 0.5) is 0 Å². The Morgan fingerprint density at radius 3 is 2.08 bits per heavy atom. The summed E-state index contributed by atoms with van der Waals surface area (Å²) in [5.74, 6) is -1.46. The molecular formula is C16H33N5O4S. The van der Waals surface area contributed by atoms with Crippen LogP contribution in [0.1, 0.15) is 38.5 Å². The quantitative estimate of drug-likeness (QED) is 0.192. The molecular weight excluding hydrogens is 358 g/mol. The minimum atomic E-state index is -1.10. The van der Waals surface area contributed by atoms with E-state index in [1.54, 1.807) is 0 Å². The molecule has 0 heterocycles. The van der Waals surface area contributed by atoms with Crippen LogP contribution in [0.25, 0.3) is 0 Å². The van der Waals surface area contributed by atoms with E-state index in [1.165, 1.54) is 11.8 Å². The summed E-state index contributed by atoms with van der Waals surface area (Å²) in [5, 5.41) is 14.4. The predicted molar refractivity (Wildman–Crippen MR) is 104 cm³/mol. The lowest BCUT2D eigenvalue weighted by molar-refractivity contribution is -0.142. The van der Waals surface area contributed by atoms with Crippen LogP contribution in [0.15, 0.2) is 0 Å². The van der Waals surface area contributed by atoms with Crippen molar-refractivity contribution in [1.82, 2.24) is 10.6 Å². The lowest BCUT2D eigenvalue weighted by Gasteiger charge is -2.23. The lowest BCUT2D eigenvalue weighted by Crippen LogP contribution is -2.54.